The second-order valence-corrected chi connectivity index (χ2v) is 5.74. The molecule has 2 aromatic rings. The molecule has 1 aliphatic rings. The molecule has 1 fully saturated rings. The minimum absolute atomic E-state index is 0.0765. The largest absolute Gasteiger partial charge is 0.467 e. The molecule has 1 heterocycles. The van der Waals surface area contributed by atoms with Crippen LogP contribution in [-0.4, -0.2) is 43.2 Å². The number of para-hydroxylation sites is 1. The van der Waals surface area contributed by atoms with E-state index in [9.17, 15) is 4.79 Å². The van der Waals surface area contributed by atoms with E-state index < -0.39 is 6.23 Å². The Labute approximate surface area is 140 Å². The summed E-state index contributed by atoms with van der Waals surface area (Å²) in [5.74, 6) is 0.596. The monoisotopic (exact) mass is 331 g/mol. The van der Waals surface area contributed by atoms with Gasteiger partial charge >= 0.3 is 0 Å². The summed E-state index contributed by atoms with van der Waals surface area (Å²) in [5, 5.41) is 0.605. The maximum atomic E-state index is 12.9. The molecule has 120 valence electrons. The van der Waals surface area contributed by atoms with Crippen molar-refractivity contribution < 1.29 is 14.3 Å². The van der Waals surface area contributed by atoms with E-state index in [4.69, 9.17) is 21.1 Å². The average molecular weight is 332 g/mol. The number of carbonyl (C=O) groups excluding carboxylic acids is 1. The molecule has 3 rings (SSSR count). The Hall–Kier alpha value is -1.88. The van der Waals surface area contributed by atoms with Crippen LogP contribution in [-0.2, 0) is 4.74 Å². The highest BCUT2D eigenvalue weighted by Gasteiger charge is 2.30. The minimum Gasteiger partial charge on any atom is -0.467 e. The Morgan fingerprint density at radius 3 is 2.35 bits per heavy atom. The van der Waals surface area contributed by atoms with E-state index in [1.807, 2.05) is 35.2 Å². The van der Waals surface area contributed by atoms with Gasteiger partial charge in [-0.1, -0.05) is 29.8 Å². The number of morpholine rings is 1. The van der Waals surface area contributed by atoms with E-state index in [0.717, 1.165) is 0 Å². The fourth-order valence-electron chi connectivity index (χ4n) is 2.49. The molecule has 1 aliphatic heterocycles. The highest BCUT2D eigenvalue weighted by molar-refractivity contribution is 6.30. The fraction of sp³-hybridized carbons (Fsp3) is 0.278. The van der Waals surface area contributed by atoms with Crippen LogP contribution in [0.25, 0.3) is 0 Å². The van der Waals surface area contributed by atoms with Gasteiger partial charge in [0, 0.05) is 23.7 Å². The summed E-state index contributed by atoms with van der Waals surface area (Å²) in [4.78, 5) is 14.9. The zero-order chi connectivity index (χ0) is 16.1. The van der Waals surface area contributed by atoms with Gasteiger partial charge in [-0.25, -0.2) is 0 Å². The van der Waals surface area contributed by atoms with Gasteiger partial charge in [-0.05, 0) is 36.4 Å². The molecule has 0 N–H and O–H groups in total. The fourth-order valence-corrected chi connectivity index (χ4v) is 2.62. The van der Waals surface area contributed by atoms with Crippen LogP contribution in [0.1, 0.15) is 10.4 Å². The van der Waals surface area contributed by atoms with Gasteiger partial charge in [0.15, 0.2) is 0 Å². The maximum absolute atomic E-state index is 12.9. The standard InChI is InChI=1S/C18H18ClNO3/c19-15-8-6-14(7-9-15)17(21)18(20-10-12-22-13-11-20)23-16-4-2-1-3-5-16/h1-9,18H,10-13H2. The third-order valence-electron chi connectivity index (χ3n) is 3.72. The summed E-state index contributed by atoms with van der Waals surface area (Å²) in [5.41, 5.74) is 0.585. The van der Waals surface area contributed by atoms with Crippen LogP contribution in [0.4, 0.5) is 0 Å². The molecule has 0 aromatic heterocycles. The number of ether oxygens (including phenoxy) is 2. The number of halogens is 1. The Balaban J connectivity index is 1.84. The van der Waals surface area contributed by atoms with Crippen molar-refractivity contribution in [2.24, 2.45) is 0 Å². The van der Waals surface area contributed by atoms with Crippen molar-refractivity contribution in [2.75, 3.05) is 26.3 Å². The van der Waals surface area contributed by atoms with Gasteiger partial charge in [0.2, 0.25) is 12.0 Å². The maximum Gasteiger partial charge on any atom is 0.218 e. The second-order valence-electron chi connectivity index (χ2n) is 5.30. The molecular weight excluding hydrogens is 314 g/mol. The topological polar surface area (TPSA) is 38.8 Å². The van der Waals surface area contributed by atoms with Crippen molar-refractivity contribution in [3.8, 4) is 5.75 Å². The second kappa shape index (κ2) is 7.59. The molecule has 1 saturated heterocycles. The Morgan fingerprint density at radius 2 is 1.70 bits per heavy atom. The van der Waals surface area contributed by atoms with Crippen LogP contribution in [0.2, 0.25) is 5.02 Å². The Morgan fingerprint density at radius 1 is 1.04 bits per heavy atom. The van der Waals surface area contributed by atoms with Gasteiger partial charge in [0.25, 0.3) is 0 Å². The van der Waals surface area contributed by atoms with E-state index in [1.54, 1.807) is 24.3 Å². The van der Waals surface area contributed by atoms with Crippen molar-refractivity contribution in [3.63, 3.8) is 0 Å². The first-order valence-corrected chi connectivity index (χ1v) is 7.95. The van der Waals surface area contributed by atoms with Gasteiger partial charge in [-0.2, -0.15) is 0 Å². The van der Waals surface area contributed by atoms with Crippen LogP contribution in [0.15, 0.2) is 54.6 Å². The highest BCUT2D eigenvalue weighted by atomic mass is 35.5. The third kappa shape index (κ3) is 4.10. The smallest absolute Gasteiger partial charge is 0.218 e. The van der Waals surface area contributed by atoms with Crippen LogP contribution in [0.3, 0.4) is 0 Å². The molecule has 0 radical (unpaired) electrons. The summed E-state index contributed by atoms with van der Waals surface area (Å²) < 4.78 is 11.4. The highest BCUT2D eigenvalue weighted by Crippen LogP contribution is 2.19. The normalized spacial score (nSPS) is 16.7. The van der Waals surface area contributed by atoms with E-state index in [2.05, 4.69) is 0 Å². The van der Waals surface area contributed by atoms with Gasteiger partial charge in [0.1, 0.15) is 5.75 Å². The summed E-state index contributed by atoms with van der Waals surface area (Å²) in [6, 6.07) is 16.3. The molecule has 23 heavy (non-hydrogen) atoms. The lowest BCUT2D eigenvalue weighted by Crippen LogP contribution is -2.50. The van der Waals surface area contributed by atoms with Crippen LogP contribution in [0, 0.1) is 0 Å². The molecule has 0 amide bonds. The lowest BCUT2D eigenvalue weighted by molar-refractivity contribution is -0.0333. The van der Waals surface area contributed by atoms with E-state index in [-0.39, 0.29) is 5.78 Å². The number of hydrogen-bond acceptors (Lipinski definition) is 4. The number of Topliss-reactive ketones (excluding diaryl/α,β-unsaturated/α-hetero) is 1. The molecule has 0 spiro atoms. The Bertz CT molecular complexity index is 639. The molecule has 1 atom stereocenters. The van der Waals surface area contributed by atoms with Gasteiger partial charge in [-0.3, -0.25) is 9.69 Å². The predicted octanol–water partition coefficient (Wildman–Crippen LogP) is 3.26. The summed E-state index contributed by atoms with van der Waals surface area (Å²) in [6.07, 6.45) is -0.664. The first-order valence-electron chi connectivity index (χ1n) is 7.57. The predicted molar refractivity (Wildman–Crippen MR) is 89.0 cm³/mol. The number of nitrogens with zero attached hydrogens (tertiary/aromatic N) is 1. The summed E-state index contributed by atoms with van der Waals surface area (Å²) >= 11 is 5.90. The number of hydrogen-bond donors (Lipinski definition) is 0. The zero-order valence-electron chi connectivity index (χ0n) is 12.7. The molecule has 4 nitrogen and oxygen atoms in total. The van der Waals surface area contributed by atoms with Crippen molar-refractivity contribution in [1.29, 1.82) is 0 Å². The first-order chi connectivity index (χ1) is 11.2. The molecule has 5 heteroatoms. The zero-order valence-corrected chi connectivity index (χ0v) is 13.4. The van der Waals surface area contributed by atoms with Gasteiger partial charge < -0.3 is 9.47 Å². The van der Waals surface area contributed by atoms with Crippen LogP contribution >= 0.6 is 11.6 Å². The first kappa shape index (κ1) is 16.0. The summed E-state index contributed by atoms with van der Waals surface area (Å²) in [7, 11) is 0. The molecule has 0 bridgehead atoms. The van der Waals surface area contributed by atoms with E-state index in [1.165, 1.54) is 0 Å². The number of benzene rings is 2. The Kier molecular flexibility index (Phi) is 5.28. The molecular formula is C18H18ClNO3. The van der Waals surface area contributed by atoms with Crippen molar-refractivity contribution in [1.82, 2.24) is 4.90 Å². The third-order valence-corrected chi connectivity index (χ3v) is 3.97. The van der Waals surface area contributed by atoms with Crippen LogP contribution < -0.4 is 4.74 Å². The van der Waals surface area contributed by atoms with E-state index >= 15 is 0 Å². The average Bonchev–Trinajstić information content (AvgIpc) is 2.61. The minimum atomic E-state index is -0.664. The quantitative estimate of drug-likeness (QED) is 0.788. The van der Waals surface area contributed by atoms with Gasteiger partial charge in [-0.15, -0.1) is 0 Å². The molecule has 0 saturated carbocycles. The van der Waals surface area contributed by atoms with Crippen molar-refractivity contribution >= 4 is 17.4 Å². The summed E-state index contributed by atoms with van der Waals surface area (Å²) in [6.45, 7) is 2.53. The van der Waals surface area contributed by atoms with Crippen molar-refractivity contribution in [2.45, 2.75) is 6.23 Å². The number of ketones is 1. The van der Waals surface area contributed by atoms with Crippen LogP contribution in [0.5, 0.6) is 5.75 Å². The SMILES string of the molecule is O=C(c1ccc(Cl)cc1)C(Oc1ccccc1)N1CCOCC1. The van der Waals surface area contributed by atoms with Crippen molar-refractivity contribution in [3.05, 3.63) is 65.2 Å². The molecule has 1 unspecified atom stereocenters. The lowest BCUT2D eigenvalue weighted by atomic mass is 10.1. The molecule has 0 aliphatic carbocycles. The molecule has 2 aromatic carbocycles. The van der Waals surface area contributed by atoms with Gasteiger partial charge in [0.05, 0.1) is 13.2 Å². The number of rotatable bonds is 5. The lowest BCUT2D eigenvalue weighted by Gasteiger charge is -2.33. The van der Waals surface area contributed by atoms with E-state index in [0.29, 0.717) is 42.6 Å². The number of carbonyl (C=O) groups is 1.